The zero-order valence-electron chi connectivity index (χ0n) is 23.6. The molecule has 0 aromatic heterocycles. The minimum Gasteiger partial charge on any atom is -0.427 e. The molecule has 2 aromatic carbocycles. The van der Waals surface area contributed by atoms with Crippen LogP contribution in [0.4, 0.5) is 0 Å². The third-order valence-electron chi connectivity index (χ3n) is 6.77. The molecular formula is C30H42O8. The van der Waals surface area contributed by atoms with Crippen molar-refractivity contribution < 1.29 is 39.4 Å². The van der Waals surface area contributed by atoms with Crippen LogP contribution in [-0.2, 0) is 30.6 Å². The van der Waals surface area contributed by atoms with E-state index in [2.05, 4.69) is 30.5 Å². The predicted octanol–water partition coefficient (Wildman–Crippen LogP) is 7.26. The Kier molecular flexibility index (Phi) is 11.0. The van der Waals surface area contributed by atoms with Gasteiger partial charge in [-0.1, -0.05) is 45.0 Å². The van der Waals surface area contributed by atoms with E-state index in [1.807, 2.05) is 0 Å². The maximum absolute atomic E-state index is 12.4. The van der Waals surface area contributed by atoms with Crippen LogP contribution in [0.25, 0.3) is 0 Å². The molecule has 38 heavy (non-hydrogen) atoms. The largest absolute Gasteiger partial charge is 0.427 e. The first-order chi connectivity index (χ1) is 17.7. The summed E-state index contributed by atoms with van der Waals surface area (Å²) in [6.45, 7) is 13.2. The van der Waals surface area contributed by atoms with Gasteiger partial charge in [-0.15, -0.1) is 0 Å². The summed E-state index contributed by atoms with van der Waals surface area (Å²) in [4.78, 5) is 33.7. The first-order valence-electron chi connectivity index (χ1n) is 12.9. The van der Waals surface area contributed by atoms with Gasteiger partial charge in [-0.05, 0) is 93.7 Å². The molecule has 8 heteroatoms. The first-order valence-corrected chi connectivity index (χ1v) is 12.9. The fraction of sp³-hybridized carbons (Fsp3) is 0.533. The SMILES string of the molecule is CC(CCC(=O)Oc1ccc(C(C)(C)OO)cc1)CC(C)(C)CCC(=O)Oc1ccc(C(C)(C)OO)cc1. The summed E-state index contributed by atoms with van der Waals surface area (Å²) in [6, 6.07) is 13.7. The van der Waals surface area contributed by atoms with Crippen molar-refractivity contribution in [2.45, 2.75) is 91.8 Å². The highest BCUT2D eigenvalue weighted by Gasteiger charge is 2.25. The van der Waals surface area contributed by atoms with Gasteiger partial charge in [0.1, 0.15) is 22.7 Å². The second-order valence-corrected chi connectivity index (χ2v) is 11.7. The Balaban J connectivity index is 1.75. The highest BCUT2D eigenvalue weighted by Crippen LogP contribution is 2.33. The van der Waals surface area contributed by atoms with Crippen LogP contribution in [0.1, 0.15) is 91.7 Å². The number of esters is 2. The highest BCUT2D eigenvalue weighted by molar-refractivity contribution is 5.72. The summed E-state index contributed by atoms with van der Waals surface area (Å²) in [5, 5.41) is 18.0. The molecule has 1 atom stereocenters. The molecule has 0 saturated heterocycles. The average Bonchev–Trinajstić information content (AvgIpc) is 2.87. The zero-order valence-corrected chi connectivity index (χ0v) is 23.6. The van der Waals surface area contributed by atoms with Gasteiger partial charge in [0, 0.05) is 12.8 Å². The summed E-state index contributed by atoms with van der Waals surface area (Å²) >= 11 is 0. The lowest BCUT2D eigenvalue weighted by molar-refractivity contribution is -0.318. The zero-order chi connectivity index (χ0) is 28.6. The molecule has 0 aliphatic heterocycles. The molecule has 2 rings (SSSR count). The minimum atomic E-state index is -0.848. The molecule has 0 fully saturated rings. The Labute approximate surface area is 225 Å². The number of benzene rings is 2. The smallest absolute Gasteiger partial charge is 0.311 e. The summed E-state index contributed by atoms with van der Waals surface area (Å²) in [7, 11) is 0. The summed E-state index contributed by atoms with van der Waals surface area (Å²) in [6.07, 6.45) is 2.76. The Morgan fingerprint density at radius 2 is 1.11 bits per heavy atom. The fourth-order valence-electron chi connectivity index (χ4n) is 4.27. The minimum absolute atomic E-state index is 0.105. The summed E-state index contributed by atoms with van der Waals surface area (Å²) in [5.74, 6) is 0.544. The van der Waals surface area contributed by atoms with Crippen LogP contribution in [0.15, 0.2) is 48.5 Å². The topological polar surface area (TPSA) is 112 Å². The molecule has 210 valence electrons. The summed E-state index contributed by atoms with van der Waals surface area (Å²) in [5.41, 5.74) is -0.282. The number of rotatable bonds is 14. The number of ether oxygens (including phenoxy) is 2. The van der Waals surface area contributed by atoms with Crippen LogP contribution >= 0.6 is 0 Å². The van der Waals surface area contributed by atoms with E-state index in [0.29, 0.717) is 30.8 Å². The van der Waals surface area contributed by atoms with Crippen LogP contribution in [0.5, 0.6) is 11.5 Å². The van der Waals surface area contributed by atoms with Crippen molar-refractivity contribution in [3.05, 3.63) is 59.7 Å². The van der Waals surface area contributed by atoms with Gasteiger partial charge in [0.25, 0.3) is 0 Å². The van der Waals surface area contributed by atoms with Crippen molar-refractivity contribution in [2.24, 2.45) is 11.3 Å². The van der Waals surface area contributed by atoms with Crippen molar-refractivity contribution in [1.29, 1.82) is 0 Å². The number of hydrogen-bond donors (Lipinski definition) is 2. The maximum Gasteiger partial charge on any atom is 0.311 e. The third-order valence-corrected chi connectivity index (χ3v) is 6.77. The highest BCUT2D eigenvalue weighted by atomic mass is 17.1. The lowest BCUT2D eigenvalue weighted by Crippen LogP contribution is -2.20. The number of carbonyl (C=O) groups is 2. The van der Waals surface area contributed by atoms with E-state index in [1.54, 1.807) is 76.2 Å². The molecule has 0 radical (unpaired) electrons. The van der Waals surface area contributed by atoms with Gasteiger partial charge in [0.05, 0.1) is 0 Å². The number of hydrogen-bond acceptors (Lipinski definition) is 8. The monoisotopic (exact) mass is 530 g/mol. The quantitative estimate of drug-likeness (QED) is 0.114. The van der Waals surface area contributed by atoms with E-state index in [-0.39, 0.29) is 29.7 Å². The molecule has 1 unspecified atom stereocenters. The molecule has 2 aromatic rings. The molecule has 0 heterocycles. The van der Waals surface area contributed by atoms with Crippen LogP contribution in [0.2, 0.25) is 0 Å². The molecule has 0 bridgehead atoms. The molecule has 0 spiro atoms. The van der Waals surface area contributed by atoms with E-state index < -0.39 is 11.2 Å². The van der Waals surface area contributed by atoms with Crippen molar-refractivity contribution in [1.82, 2.24) is 0 Å². The van der Waals surface area contributed by atoms with Crippen LogP contribution in [0.3, 0.4) is 0 Å². The van der Waals surface area contributed by atoms with Gasteiger partial charge in [0.2, 0.25) is 0 Å². The Hall–Kier alpha value is -2.78. The molecule has 8 nitrogen and oxygen atoms in total. The molecular weight excluding hydrogens is 488 g/mol. The van der Waals surface area contributed by atoms with E-state index in [9.17, 15) is 9.59 Å². The first kappa shape index (κ1) is 31.4. The molecule has 2 N–H and O–H groups in total. The van der Waals surface area contributed by atoms with Gasteiger partial charge < -0.3 is 9.47 Å². The third kappa shape index (κ3) is 9.83. The fourth-order valence-corrected chi connectivity index (χ4v) is 4.27. The van der Waals surface area contributed by atoms with Crippen molar-refractivity contribution in [3.63, 3.8) is 0 Å². The van der Waals surface area contributed by atoms with Gasteiger partial charge in [-0.3, -0.25) is 20.1 Å². The van der Waals surface area contributed by atoms with Crippen molar-refractivity contribution in [3.8, 4) is 11.5 Å². The van der Waals surface area contributed by atoms with Crippen LogP contribution in [0, 0.1) is 11.3 Å². The van der Waals surface area contributed by atoms with Gasteiger partial charge in [-0.2, -0.15) is 0 Å². The standard InChI is InChI=1S/C30H42O8/c1-21(8-17-26(31)35-24-13-9-22(10-14-24)29(4,5)37-33)20-28(2,3)19-18-27(32)36-25-15-11-23(12-16-25)30(6,7)38-34/h9-16,21,33-34H,8,17-20H2,1-7H3. The van der Waals surface area contributed by atoms with Crippen LogP contribution in [-0.4, -0.2) is 22.5 Å². The molecule has 0 aliphatic carbocycles. The van der Waals surface area contributed by atoms with E-state index >= 15 is 0 Å². The maximum atomic E-state index is 12.4. The van der Waals surface area contributed by atoms with E-state index in [1.165, 1.54) is 0 Å². The van der Waals surface area contributed by atoms with Gasteiger partial charge in [0.15, 0.2) is 0 Å². The Bertz CT molecular complexity index is 1040. The van der Waals surface area contributed by atoms with Crippen LogP contribution < -0.4 is 9.47 Å². The second kappa shape index (κ2) is 13.3. The van der Waals surface area contributed by atoms with E-state index in [0.717, 1.165) is 17.5 Å². The normalized spacial score (nSPS) is 13.2. The van der Waals surface area contributed by atoms with Gasteiger partial charge in [-0.25, -0.2) is 9.78 Å². The Morgan fingerprint density at radius 1 is 0.711 bits per heavy atom. The predicted molar refractivity (Wildman–Crippen MR) is 144 cm³/mol. The molecule has 0 amide bonds. The van der Waals surface area contributed by atoms with Gasteiger partial charge >= 0.3 is 11.9 Å². The van der Waals surface area contributed by atoms with Crippen molar-refractivity contribution in [2.75, 3.05) is 0 Å². The average molecular weight is 531 g/mol. The number of carbonyl (C=O) groups excluding carboxylic acids is 2. The summed E-state index contributed by atoms with van der Waals surface area (Å²) < 4.78 is 10.9. The lowest BCUT2D eigenvalue weighted by atomic mass is 9.78. The van der Waals surface area contributed by atoms with Crippen molar-refractivity contribution >= 4 is 11.9 Å². The second-order valence-electron chi connectivity index (χ2n) is 11.7. The lowest BCUT2D eigenvalue weighted by Gasteiger charge is -2.27. The Morgan fingerprint density at radius 3 is 1.50 bits per heavy atom. The molecule has 0 aliphatic rings. The van der Waals surface area contributed by atoms with E-state index in [4.69, 9.17) is 20.0 Å². The molecule has 0 saturated carbocycles.